The van der Waals surface area contributed by atoms with Crippen LogP contribution >= 0.6 is 15.9 Å². The Morgan fingerprint density at radius 1 is 1.27 bits per heavy atom. The number of aromatic nitrogens is 1. The van der Waals surface area contributed by atoms with Gasteiger partial charge in [-0.05, 0) is 57.9 Å². The molecule has 0 aliphatic carbocycles. The minimum absolute atomic E-state index is 0.0144. The van der Waals surface area contributed by atoms with Gasteiger partial charge in [0, 0.05) is 19.2 Å². The highest BCUT2D eigenvalue weighted by atomic mass is 79.9. The SMILES string of the molecule is COc1ccc(CN(C)C(=O)c2ncc(-c3ccc(F)cc3)o2)cc1Br. The second kappa shape index (κ2) is 7.70. The van der Waals surface area contributed by atoms with Gasteiger partial charge in [0.2, 0.25) is 0 Å². The van der Waals surface area contributed by atoms with Gasteiger partial charge in [0.25, 0.3) is 5.89 Å². The zero-order valence-corrected chi connectivity index (χ0v) is 15.8. The Morgan fingerprint density at radius 2 is 2.00 bits per heavy atom. The van der Waals surface area contributed by atoms with Crippen molar-refractivity contribution in [1.82, 2.24) is 9.88 Å². The normalized spacial score (nSPS) is 10.6. The number of methoxy groups -OCH3 is 1. The fraction of sp³-hybridized carbons (Fsp3) is 0.158. The van der Waals surface area contributed by atoms with Crippen molar-refractivity contribution in [3.05, 3.63) is 70.4 Å². The van der Waals surface area contributed by atoms with Crippen LogP contribution in [0, 0.1) is 5.82 Å². The van der Waals surface area contributed by atoms with Crippen LogP contribution in [0.25, 0.3) is 11.3 Å². The second-order valence-electron chi connectivity index (χ2n) is 5.67. The lowest BCUT2D eigenvalue weighted by Crippen LogP contribution is -2.26. The Hall–Kier alpha value is -2.67. The van der Waals surface area contributed by atoms with Gasteiger partial charge in [-0.2, -0.15) is 0 Å². The first-order chi connectivity index (χ1) is 12.5. The standard InChI is InChI=1S/C19H16BrFN2O3/c1-23(11-12-3-8-16(25-2)15(20)9-12)19(24)18-22-10-17(26-18)13-4-6-14(21)7-5-13/h3-10H,11H2,1-2H3. The van der Waals surface area contributed by atoms with E-state index in [0.717, 1.165) is 15.8 Å². The van der Waals surface area contributed by atoms with E-state index in [4.69, 9.17) is 9.15 Å². The minimum atomic E-state index is -0.342. The lowest BCUT2D eigenvalue weighted by atomic mass is 10.2. The van der Waals surface area contributed by atoms with E-state index in [1.165, 1.54) is 23.2 Å². The van der Waals surface area contributed by atoms with E-state index in [1.54, 1.807) is 26.3 Å². The fourth-order valence-electron chi connectivity index (χ4n) is 2.44. The van der Waals surface area contributed by atoms with Gasteiger partial charge in [0.05, 0.1) is 17.8 Å². The number of rotatable bonds is 5. The average molecular weight is 419 g/mol. The molecule has 2 aromatic carbocycles. The van der Waals surface area contributed by atoms with Crippen LogP contribution in [0.5, 0.6) is 5.75 Å². The van der Waals surface area contributed by atoms with Crippen LogP contribution in [0.1, 0.15) is 16.2 Å². The van der Waals surface area contributed by atoms with E-state index in [0.29, 0.717) is 17.9 Å². The molecule has 0 radical (unpaired) electrons. The Balaban J connectivity index is 1.72. The molecular weight excluding hydrogens is 403 g/mol. The molecule has 1 aromatic heterocycles. The lowest BCUT2D eigenvalue weighted by molar-refractivity contribution is 0.0746. The summed E-state index contributed by atoms with van der Waals surface area (Å²) < 4.78 is 24.6. The number of carbonyl (C=O) groups excluding carboxylic acids is 1. The smallest absolute Gasteiger partial charge is 0.309 e. The third-order valence-electron chi connectivity index (χ3n) is 3.80. The van der Waals surface area contributed by atoms with Crippen LogP contribution < -0.4 is 4.74 Å². The molecule has 0 fully saturated rings. The summed E-state index contributed by atoms with van der Waals surface area (Å²) in [6, 6.07) is 11.4. The number of amides is 1. The van der Waals surface area contributed by atoms with Crippen molar-refractivity contribution in [1.29, 1.82) is 0 Å². The van der Waals surface area contributed by atoms with Gasteiger partial charge in [-0.3, -0.25) is 4.79 Å². The Morgan fingerprint density at radius 3 is 2.65 bits per heavy atom. The Labute approximate surface area is 158 Å². The van der Waals surface area contributed by atoms with E-state index >= 15 is 0 Å². The van der Waals surface area contributed by atoms with Crippen molar-refractivity contribution in [2.75, 3.05) is 14.2 Å². The summed E-state index contributed by atoms with van der Waals surface area (Å²) in [6.45, 7) is 0.385. The molecule has 3 rings (SSSR count). The average Bonchev–Trinajstić information content (AvgIpc) is 3.12. The molecule has 0 saturated heterocycles. The van der Waals surface area contributed by atoms with Crippen LogP contribution in [0.2, 0.25) is 0 Å². The summed E-state index contributed by atoms with van der Waals surface area (Å²) in [7, 11) is 3.26. The summed E-state index contributed by atoms with van der Waals surface area (Å²) >= 11 is 3.43. The third kappa shape index (κ3) is 3.94. The lowest BCUT2D eigenvalue weighted by Gasteiger charge is -2.16. The molecule has 134 valence electrons. The van der Waals surface area contributed by atoms with E-state index in [1.807, 2.05) is 18.2 Å². The molecule has 0 aliphatic heterocycles. The topological polar surface area (TPSA) is 55.6 Å². The first-order valence-electron chi connectivity index (χ1n) is 7.77. The monoisotopic (exact) mass is 418 g/mol. The van der Waals surface area contributed by atoms with Crippen molar-refractivity contribution in [2.45, 2.75) is 6.54 Å². The second-order valence-corrected chi connectivity index (χ2v) is 6.52. The molecule has 1 heterocycles. The Kier molecular flexibility index (Phi) is 5.37. The number of oxazole rings is 1. The highest BCUT2D eigenvalue weighted by molar-refractivity contribution is 9.10. The quantitative estimate of drug-likeness (QED) is 0.610. The number of benzene rings is 2. The maximum Gasteiger partial charge on any atom is 0.309 e. The van der Waals surface area contributed by atoms with E-state index in [2.05, 4.69) is 20.9 Å². The summed E-state index contributed by atoms with van der Waals surface area (Å²) in [5, 5.41) is 0. The Bertz CT molecular complexity index is 925. The van der Waals surface area contributed by atoms with Crippen LogP contribution in [-0.2, 0) is 6.54 Å². The molecule has 0 saturated carbocycles. The highest BCUT2D eigenvalue weighted by Crippen LogP contribution is 2.26. The molecule has 0 atom stereocenters. The summed E-state index contributed by atoms with van der Waals surface area (Å²) in [5.41, 5.74) is 1.58. The third-order valence-corrected chi connectivity index (χ3v) is 4.42. The first-order valence-corrected chi connectivity index (χ1v) is 8.57. The molecule has 0 bridgehead atoms. The molecule has 5 nitrogen and oxygen atoms in total. The largest absolute Gasteiger partial charge is 0.496 e. The predicted molar refractivity (Wildman–Crippen MR) is 98.4 cm³/mol. The van der Waals surface area contributed by atoms with Crippen molar-refractivity contribution in [3.63, 3.8) is 0 Å². The maximum absolute atomic E-state index is 13.0. The molecule has 7 heteroatoms. The number of hydrogen-bond acceptors (Lipinski definition) is 4. The molecule has 0 unspecified atom stereocenters. The predicted octanol–water partition coefficient (Wildman–Crippen LogP) is 4.52. The minimum Gasteiger partial charge on any atom is -0.496 e. The van der Waals surface area contributed by atoms with Crippen LogP contribution in [0.3, 0.4) is 0 Å². The van der Waals surface area contributed by atoms with Crippen molar-refractivity contribution in [3.8, 4) is 17.1 Å². The molecular formula is C19H16BrFN2O3. The summed E-state index contributed by atoms with van der Waals surface area (Å²) in [5.74, 6) is 0.438. The summed E-state index contributed by atoms with van der Waals surface area (Å²) in [4.78, 5) is 18.1. The zero-order chi connectivity index (χ0) is 18.7. The van der Waals surface area contributed by atoms with Crippen LogP contribution in [-0.4, -0.2) is 29.9 Å². The molecule has 3 aromatic rings. The summed E-state index contributed by atoms with van der Waals surface area (Å²) in [6.07, 6.45) is 1.46. The van der Waals surface area contributed by atoms with E-state index in [9.17, 15) is 9.18 Å². The number of ether oxygens (including phenoxy) is 1. The number of carbonyl (C=O) groups is 1. The maximum atomic E-state index is 13.0. The molecule has 1 amide bonds. The number of nitrogens with zero attached hydrogens (tertiary/aromatic N) is 2. The number of halogens is 2. The first kappa shape index (κ1) is 18.1. The van der Waals surface area contributed by atoms with Crippen molar-refractivity contribution >= 4 is 21.8 Å². The van der Waals surface area contributed by atoms with Gasteiger partial charge in [-0.25, -0.2) is 9.37 Å². The molecule has 26 heavy (non-hydrogen) atoms. The van der Waals surface area contributed by atoms with E-state index < -0.39 is 0 Å². The molecule has 0 aliphatic rings. The molecule has 0 spiro atoms. The molecule has 0 N–H and O–H groups in total. The van der Waals surface area contributed by atoms with Crippen LogP contribution in [0.15, 0.2) is 57.6 Å². The van der Waals surface area contributed by atoms with Crippen molar-refractivity contribution in [2.24, 2.45) is 0 Å². The van der Waals surface area contributed by atoms with Gasteiger partial charge in [-0.15, -0.1) is 0 Å². The van der Waals surface area contributed by atoms with Gasteiger partial charge < -0.3 is 14.1 Å². The van der Waals surface area contributed by atoms with Gasteiger partial charge in [0.15, 0.2) is 5.76 Å². The zero-order valence-electron chi connectivity index (χ0n) is 14.2. The highest BCUT2D eigenvalue weighted by Gasteiger charge is 2.19. The van der Waals surface area contributed by atoms with Gasteiger partial charge >= 0.3 is 5.91 Å². The number of hydrogen-bond donors (Lipinski definition) is 0. The van der Waals surface area contributed by atoms with Gasteiger partial charge in [0.1, 0.15) is 11.6 Å². The fourth-order valence-corrected chi connectivity index (χ4v) is 3.03. The van der Waals surface area contributed by atoms with Gasteiger partial charge in [-0.1, -0.05) is 6.07 Å². The van der Waals surface area contributed by atoms with E-state index in [-0.39, 0.29) is 17.6 Å². The van der Waals surface area contributed by atoms with Crippen LogP contribution in [0.4, 0.5) is 4.39 Å². The van der Waals surface area contributed by atoms with Crippen molar-refractivity contribution < 1.29 is 18.3 Å².